The predicted octanol–water partition coefficient (Wildman–Crippen LogP) is 2.24. The molecule has 3 aromatic heterocycles. The highest BCUT2D eigenvalue weighted by Crippen LogP contribution is 2.26. The van der Waals surface area contributed by atoms with Crippen LogP contribution in [0.5, 0.6) is 0 Å². The summed E-state index contributed by atoms with van der Waals surface area (Å²) in [5.41, 5.74) is 1.21. The minimum absolute atomic E-state index is 0.0556. The van der Waals surface area contributed by atoms with Crippen molar-refractivity contribution in [1.29, 1.82) is 5.41 Å². The largest absolute Gasteiger partial charge is 0.373 e. The van der Waals surface area contributed by atoms with Gasteiger partial charge in [-0.15, -0.1) is 10.2 Å². The van der Waals surface area contributed by atoms with Crippen molar-refractivity contribution in [1.82, 2.24) is 44.5 Å². The Kier molecular flexibility index (Phi) is 7.84. The van der Waals surface area contributed by atoms with Crippen LogP contribution >= 0.6 is 0 Å². The van der Waals surface area contributed by atoms with Crippen LogP contribution in [0, 0.1) is 18.3 Å². The van der Waals surface area contributed by atoms with Crippen LogP contribution in [0.15, 0.2) is 12.4 Å². The number of imidazole rings is 1. The molecule has 12 heteroatoms. The SMILES string of the molecule is CCC(NC(=N)c1nc(-c2cnc(C)nc2)n(CC)c1NC)C(=O)N1CCn2c(CC(C)C)nnc2C1. The quantitative estimate of drug-likeness (QED) is 0.296. The molecule has 3 N–H and O–H groups in total. The fraction of sp³-hybridized carbons (Fsp3) is 0.560. The van der Waals surface area contributed by atoms with E-state index >= 15 is 0 Å². The second-order valence-corrected chi connectivity index (χ2v) is 9.67. The highest BCUT2D eigenvalue weighted by atomic mass is 16.2. The standard InChI is InChI=1S/C25H37N11O/c1-7-18(25(37)34-9-10-36-19(11-15(3)4)32-33-20(36)14-34)30-22(26)21-24(27-6)35(8-2)23(31-21)17-12-28-16(5)29-13-17/h12-13,15,18,27H,7-11,14H2,1-6H3,(H2,26,30). The fourth-order valence-electron chi connectivity index (χ4n) is 4.64. The lowest BCUT2D eigenvalue weighted by atomic mass is 10.1. The van der Waals surface area contributed by atoms with E-state index in [4.69, 9.17) is 10.4 Å². The summed E-state index contributed by atoms with van der Waals surface area (Å²) >= 11 is 0. The van der Waals surface area contributed by atoms with Gasteiger partial charge in [0.15, 0.2) is 5.82 Å². The van der Waals surface area contributed by atoms with Gasteiger partial charge in [-0.2, -0.15) is 0 Å². The van der Waals surface area contributed by atoms with Gasteiger partial charge in [0.1, 0.15) is 40.9 Å². The molecule has 1 atom stereocenters. The summed E-state index contributed by atoms with van der Waals surface area (Å²) in [5, 5.41) is 23.8. The Morgan fingerprint density at radius 2 is 1.89 bits per heavy atom. The van der Waals surface area contributed by atoms with Crippen molar-refractivity contribution in [2.24, 2.45) is 5.92 Å². The minimum Gasteiger partial charge on any atom is -0.373 e. The number of carbonyl (C=O) groups is 1. The number of nitrogens with one attached hydrogen (secondary N) is 3. The summed E-state index contributed by atoms with van der Waals surface area (Å²) in [6.45, 7) is 12.4. The van der Waals surface area contributed by atoms with Gasteiger partial charge in [-0.25, -0.2) is 15.0 Å². The van der Waals surface area contributed by atoms with Crippen LogP contribution in [-0.2, 0) is 30.8 Å². The van der Waals surface area contributed by atoms with Crippen molar-refractivity contribution in [2.45, 2.75) is 73.1 Å². The molecule has 4 rings (SSSR count). The van der Waals surface area contributed by atoms with Gasteiger partial charge in [-0.3, -0.25) is 10.2 Å². The van der Waals surface area contributed by atoms with Crippen molar-refractivity contribution in [2.75, 3.05) is 18.9 Å². The van der Waals surface area contributed by atoms with Crippen molar-refractivity contribution in [3.8, 4) is 11.4 Å². The Balaban J connectivity index is 1.52. The number of hydrogen-bond acceptors (Lipinski definition) is 8. The van der Waals surface area contributed by atoms with Crippen LogP contribution in [0.3, 0.4) is 0 Å². The number of hydrogen-bond donors (Lipinski definition) is 3. The number of rotatable bonds is 9. The maximum Gasteiger partial charge on any atom is 0.245 e. The molecule has 0 saturated carbocycles. The van der Waals surface area contributed by atoms with Gasteiger partial charge >= 0.3 is 0 Å². The minimum atomic E-state index is -0.556. The van der Waals surface area contributed by atoms with Gasteiger partial charge in [0.25, 0.3) is 0 Å². The highest BCUT2D eigenvalue weighted by Gasteiger charge is 2.30. The molecule has 0 aliphatic carbocycles. The third-order valence-electron chi connectivity index (χ3n) is 6.55. The van der Waals surface area contributed by atoms with Gasteiger partial charge < -0.3 is 24.7 Å². The van der Waals surface area contributed by atoms with Gasteiger partial charge in [-0.05, 0) is 26.2 Å². The van der Waals surface area contributed by atoms with E-state index in [9.17, 15) is 4.79 Å². The summed E-state index contributed by atoms with van der Waals surface area (Å²) in [6, 6.07) is -0.556. The topological polar surface area (TPSA) is 143 Å². The summed E-state index contributed by atoms with van der Waals surface area (Å²) in [4.78, 5) is 28.6. The number of amides is 1. The number of nitrogens with zero attached hydrogens (tertiary/aromatic N) is 8. The number of anilines is 1. The maximum atomic E-state index is 13.5. The molecule has 1 aliphatic rings. The molecular formula is C25H37N11O. The van der Waals surface area contributed by atoms with Gasteiger partial charge in [0, 0.05) is 45.5 Å². The molecule has 0 radical (unpaired) electrons. The second kappa shape index (κ2) is 11.1. The molecule has 37 heavy (non-hydrogen) atoms. The first-order chi connectivity index (χ1) is 17.8. The Morgan fingerprint density at radius 1 is 1.16 bits per heavy atom. The molecular weight excluding hydrogens is 470 g/mol. The Morgan fingerprint density at radius 3 is 2.51 bits per heavy atom. The molecule has 0 spiro atoms. The molecule has 0 fully saturated rings. The Labute approximate surface area is 217 Å². The zero-order valence-electron chi connectivity index (χ0n) is 22.5. The summed E-state index contributed by atoms with van der Waals surface area (Å²) < 4.78 is 4.11. The highest BCUT2D eigenvalue weighted by molar-refractivity contribution is 6.02. The van der Waals surface area contributed by atoms with Crippen LogP contribution in [0.4, 0.5) is 5.82 Å². The second-order valence-electron chi connectivity index (χ2n) is 9.67. The third-order valence-corrected chi connectivity index (χ3v) is 6.55. The first-order valence-electron chi connectivity index (χ1n) is 12.9. The van der Waals surface area contributed by atoms with Gasteiger partial charge in [0.05, 0.1) is 12.1 Å². The molecule has 1 aliphatic heterocycles. The number of aromatic nitrogens is 7. The molecule has 1 amide bonds. The average Bonchev–Trinajstić information content (AvgIpc) is 3.47. The smallest absolute Gasteiger partial charge is 0.245 e. The Bertz CT molecular complexity index is 1260. The average molecular weight is 508 g/mol. The lowest BCUT2D eigenvalue weighted by Gasteiger charge is -2.31. The first-order valence-corrected chi connectivity index (χ1v) is 12.9. The van der Waals surface area contributed by atoms with Crippen LogP contribution in [-0.4, -0.2) is 70.6 Å². The third kappa shape index (κ3) is 5.32. The van der Waals surface area contributed by atoms with Gasteiger partial charge in [0.2, 0.25) is 5.91 Å². The zero-order chi connectivity index (χ0) is 26.7. The molecule has 4 heterocycles. The van der Waals surface area contributed by atoms with E-state index < -0.39 is 6.04 Å². The summed E-state index contributed by atoms with van der Waals surface area (Å²) in [6.07, 6.45) is 4.87. The number of amidine groups is 1. The monoisotopic (exact) mass is 507 g/mol. The number of aryl methyl sites for hydroxylation is 1. The normalized spacial score (nSPS) is 14.0. The van der Waals surface area contributed by atoms with Crippen LogP contribution in [0.1, 0.15) is 57.3 Å². The van der Waals surface area contributed by atoms with Crippen molar-refractivity contribution < 1.29 is 4.79 Å². The van der Waals surface area contributed by atoms with Crippen LogP contribution in [0.2, 0.25) is 0 Å². The van der Waals surface area contributed by atoms with E-state index in [1.54, 1.807) is 24.3 Å². The van der Waals surface area contributed by atoms with Crippen LogP contribution < -0.4 is 10.6 Å². The van der Waals surface area contributed by atoms with E-state index in [1.165, 1.54) is 0 Å². The molecule has 0 bridgehead atoms. The van der Waals surface area contributed by atoms with Crippen molar-refractivity contribution >= 4 is 17.6 Å². The summed E-state index contributed by atoms with van der Waals surface area (Å²) in [7, 11) is 1.80. The first kappa shape index (κ1) is 26.2. The maximum absolute atomic E-state index is 13.5. The Hall–Kier alpha value is -3.83. The van der Waals surface area contributed by atoms with Gasteiger partial charge in [-0.1, -0.05) is 20.8 Å². The van der Waals surface area contributed by atoms with Crippen molar-refractivity contribution in [3.63, 3.8) is 0 Å². The molecule has 12 nitrogen and oxygen atoms in total. The van der Waals surface area contributed by atoms with Crippen LogP contribution in [0.25, 0.3) is 11.4 Å². The van der Waals surface area contributed by atoms with E-state index in [-0.39, 0.29) is 11.7 Å². The number of carbonyl (C=O) groups excluding carboxylic acids is 1. The molecule has 1 unspecified atom stereocenters. The lowest BCUT2D eigenvalue weighted by Crippen LogP contribution is -2.50. The molecule has 0 saturated heterocycles. The van der Waals surface area contributed by atoms with E-state index in [1.807, 2.05) is 25.3 Å². The zero-order valence-corrected chi connectivity index (χ0v) is 22.5. The molecule has 3 aromatic rings. The fourth-order valence-corrected chi connectivity index (χ4v) is 4.64. The summed E-state index contributed by atoms with van der Waals surface area (Å²) in [5.74, 6) is 4.35. The molecule has 0 aromatic carbocycles. The predicted molar refractivity (Wildman–Crippen MR) is 141 cm³/mol. The van der Waals surface area contributed by atoms with Crippen molar-refractivity contribution in [3.05, 3.63) is 35.6 Å². The lowest BCUT2D eigenvalue weighted by molar-refractivity contribution is -0.134. The molecule has 198 valence electrons. The van der Waals surface area contributed by atoms with E-state index in [0.29, 0.717) is 61.7 Å². The van der Waals surface area contributed by atoms with E-state index in [2.05, 4.69) is 49.2 Å². The number of fused-ring (bicyclic) bond motifs is 1. The van der Waals surface area contributed by atoms with E-state index in [0.717, 1.165) is 23.6 Å².